The summed E-state index contributed by atoms with van der Waals surface area (Å²) >= 11 is 4.61. The second kappa shape index (κ2) is 4.77. The quantitative estimate of drug-likeness (QED) is 0.397. The normalized spacial score (nSPS) is 21.6. The third-order valence-electron chi connectivity index (χ3n) is 1.71. The molecule has 0 saturated carbocycles. The van der Waals surface area contributed by atoms with Crippen molar-refractivity contribution in [1.82, 2.24) is 5.43 Å². The van der Waals surface area contributed by atoms with E-state index in [0.717, 1.165) is 6.42 Å². The van der Waals surface area contributed by atoms with Gasteiger partial charge < -0.3 is 5.73 Å². The first kappa shape index (κ1) is 9.92. The van der Waals surface area contributed by atoms with Crippen LogP contribution in [0.1, 0.15) is 13.3 Å². The number of hydrogen-bond acceptors (Lipinski definition) is 2. The summed E-state index contributed by atoms with van der Waals surface area (Å²) in [5.41, 5.74) is 8.91. The molecule has 1 aliphatic carbocycles. The predicted octanol–water partition coefficient (Wildman–Crippen LogP) is 1.33. The molecule has 0 aromatic carbocycles. The number of allylic oxidation sites excluding steroid dienone is 4. The Hall–Kier alpha value is -1.16. The Kier molecular flexibility index (Phi) is 3.64. The highest BCUT2D eigenvalue weighted by Gasteiger charge is 2.03. The van der Waals surface area contributed by atoms with Gasteiger partial charge >= 0.3 is 0 Å². The lowest BCUT2D eigenvalue weighted by Gasteiger charge is -2.09. The van der Waals surface area contributed by atoms with Crippen molar-refractivity contribution in [3.05, 3.63) is 23.8 Å². The topological polar surface area (TPSA) is 50.4 Å². The second-order valence-electron chi connectivity index (χ2n) is 3.04. The lowest BCUT2D eigenvalue weighted by Crippen LogP contribution is -2.24. The Bertz CT molecular complexity index is 279. The number of hydrazone groups is 1. The SMILES string of the molecule is C[C@@H]1C=CC=C(/C=N/NC(N)=S)C1. The van der Waals surface area contributed by atoms with Crippen molar-refractivity contribution in [3.8, 4) is 0 Å². The molecule has 0 amide bonds. The molecule has 3 N–H and O–H groups in total. The van der Waals surface area contributed by atoms with Gasteiger partial charge in [0.2, 0.25) is 0 Å². The molecule has 0 aliphatic heterocycles. The molecule has 1 aliphatic rings. The van der Waals surface area contributed by atoms with Crippen LogP contribution in [0.3, 0.4) is 0 Å². The maximum absolute atomic E-state index is 5.21. The first-order valence-electron chi connectivity index (χ1n) is 4.14. The van der Waals surface area contributed by atoms with Crippen molar-refractivity contribution >= 4 is 23.5 Å². The van der Waals surface area contributed by atoms with Crippen molar-refractivity contribution in [3.63, 3.8) is 0 Å². The van der Waals surface area contributed by atoms with E-state index in [2.05, 4.69) is 35.7 Å². The molecule has 1 atom stereocenters. The molecular weight excluding hydrogens is 182 g/mol. The Morgan fingerprint density at radius 1 is 1.85 bits per heavy atom. The Morgan fingerprint density at radius 2 is 2.62 bits per heavy atom. The molecular formula is C9H13N3S. The molecule has 0 aromatic heterocycles. The molecule has 13 heavy (non-hydrogen) atoms. The number of nitrogens with one attached hydrogen (secondary N) is 1. The zero-order chi connectivity index (χ0) is 9.68. The van der Waals surface area contributed by atoms with Crippen molar-refractivity contribution < 1.29 is 0 Å². The van der Waals surface area contributed by atoms with Gasteiger partial charge in [-0.05, 0) is 30.1 Å². The van der Waals surface area contributed by atoms with Gasteiger partial charge in [0, 0.05) is 0 Å². The summed E-state index contributed by atoms with van der Waals surface area (Å²) in [6.45, 7) is 2.17. The van der Waals surface area contributed by atoms with Crippen LogP contribution in [0, 0.1) is 5.92 Å². The van der Waals surface area contributed by atoms with Crippen LogP contribution >= 0.6 is 12.2 Å². The van der Waals surface area contributed by atoms with Crippen molar-refractivity contribution in [2.75, 3.05) is 0 Å². The van der Waals surface area contributed by atoms with Gasteiger partial charge in [-0.1, -0.05) is 25.2 Å². The van der Waals surface area contributed by atoms with E-state index in [1.807, 2.05) is 12.2 Å². The average Bonchev–Trinajstić information content (AvgIpc) is 2.03. The summed E-state index contributed by atoms with van der Waals surface area (Å²) in [7, 11) is 0. The number of thiocarbonyl (C=S) groups is 1. The minimum absolute atomic E-state index is 0.191. The van der Waals surface area contributed by atoms with Gasteiger partial charge in [-0.2, -0.15) is 5.10 Å². The van der Waals surface area contributed by atoms with E-state index < -0.39 is 0 Å². The van der Waals surface area contributed by atoms with Crippen molar-refractivity contribution in [1.29, 1.82) is 0 Å². The Morgan fingerprint density at radius 3 is 3.23 bits per heavy atom. The molecule has 0 heterocycles. The Labute approximate surface area is 83.4 Å². The number of nitrogens with zero attached hydrogens (tertiary/aromatic N) is 1. The van der Waals surface area contributed by atoms with Gasteiger partial charge in [0.1, 0.15) is 0 Å². The molecule has 0 spiro atoms. The van der Waals surface area contributed by atoms with E-state index >= 15 is 0 Å². The summed E-state index contributed by atoms with van der Waals surface area (Å²) in [5, 5.41) is 4.08. The summed E-state index contributed by atoms with van der Waals surface area (Å²) in [4.78, 5) is 0. The van der Waals surface area contributed by atoms with Crippen LogP contribution in [-0.2, 0) is 0 Å². The second-order valence-corrected chi connectivity index (χ2v) is 3.48. The summed E-state index contributed by atoms with van der Waals surface area (Å²) in [6, 6.07) is 0. The first-order valence-corrected chi connectivity index (χ1v) is 4.55. The smallest absolute Gasteiger partial charge is 0.184 e. The first-order chi connectivity index (χ1) is 6.18. The minimum Gasteiger partial charge on any atom is -0.375 e. The molecule has 0 saturated heterocycles. The lowest BCUT2D eigenvalue weighted by molar-refractivity contribution is 0.724. The highest BCUT2D eigenvalue weighted by atomic mass is 32.1. The van der Waals surface area contributed by atoms with E-state index in [4.69, 9.17) is 5.73 Å². The van der Waals surface area contributed by atoms with E-state index in [9.17, 15) is 0 Å². The fourth-order valence-corrected chi connectivity index (χ4v) is 1.20. The predicted molar refractivity (Wildman–Crippen MR) is 59.4 cm³/mol. The number of nitrogens with two attached hydrogens (primary N) is 1. The third-order valence-corrected chi connectivity index (χ3v) is 1.80. The third kappa shape index (κ3) is 3.85. The van der Waals surface area contributed by atoms with Crippen molar-refractivity contribution in [2.45, 2.75) is 13.3 Å². The van der Waals surface area contributed by atoms with Crippen LogP contribution in [0.15, 0.2) is 28.9 Å². The van der Waals surface area contributed by atoms with Crippen LogP contribution in [-0.4, -0.2) is 11.3 Å². The van der Waals surface area contributed by atoms with Crippen LogP contribution in [0.25, 0.3) is 0 Å². The maximum Gasteiger partial charge on any atom is 0.184 e. The maximum atomic E-state index is 5.21. The van der Waals surface area contributed by atoms with Crippen LogP contribution in [0.2, 0.25) is 0 Å². The largest absolute Gasteiger partial charge is 0.375 e. The molecule has 0 aromatic rings. The zero-order valence-electron chi connectivity index (χ0n) is 7.53. The fraction of sp³-hybridized carbons (Fsp3) is 0.333. The molecule has 1 rings (SSSR count). The molecule has 4 heteroatoms. The minimum atomic E-state index is 0.191. The molecule has 0 bridgehead atoms. The van der Waals surface area contributed by atoms with E-state index in [1.165, 1.54) is 5.57 Å². The monoisotopic (exact) mass is 195 g/mol. The lowest BCUT2D eigenvalue weighted by atomic mass is 9.97. The molecule has 0 fully saturated rings. The molecule has 3 nitrogen and oxygen atoms in total. The molecule has 0 unspecified atom stereocenters. The highest BCUT2D eigenvalue weighted by Crippen LogP contribution is 2.15. The zero-order valence-corrected chi connectivity index (χ0v) is 8.34. The van der Waals surface area contributed by atoms with E-state index in [-0.39, 0.29) is 5.11 Å². The number of hydrogen-bond donors (Lipinski definition) is 2. The van der Waals surface area contributed by atoms with E-state index in [0.29, 0.717) is 5.92 Å². The van der Waals surface area contributed by atoms with Crippen LogP contribution in [0.5, 0.6) is 0 Å². The summed E-state index contributed by atoms with van der Waals surface area (Å²) in [6.07, 6.45) is 9.00. The van der Waals surface area contributed by atoms with Crippen molar-refractivity contribution in [2.24, 2.45) is 16.8 Å². The van der Waals surface area contributed by atoms with Crippen LogP contribution < -0.4 is 11.2 Å². The van der Waals surface area contributed by atoms with Gasteiger partial charge in [-0.15, -0.1) is 0 Å². The van der Waals surface area contributed by atoms with Gasteiger partial charge in [0.05, 0.1) is 6.21 Å². The highest BCUT2D eigenvalue weighted by molar-refractivity contribution is 7.80. The summed E-state index contributed by atoms with van der Waals surface area (Å²) in [5.74, 6) is 0.580. The van der Waals surface area contributed by atoms with Gasteiger partial charge in [-0.3, -0.25) is 5.43 Å². The van der Waals surface area contributed by atoms with Gasteiger partial charge in [0.15, 0.2) is 5.11 Å². The Balaban J connectivity index is 2.45. The molecule has 70 valence electrons. The van der Waals surface area contributed by atoms with E-state index in [1.54, 1.807) is 6.21 Å². The average molecular weight is 195 g/mol. The summed E-state index contributed by atoms with van der Waals surface area (Å²) < 4.78 is 0. The number of rotatable bonds is 2. The van der Waals surface area contributed by atoms with Crippen LogP contribution in [0.4, 0.5) is 0 Å². The van der Waals surface area contributed by atoms with Gasteiger partial charge in [0.25, 0.3) is 0 Å². The standard InChI is InChI=1S/C9H13N3S/c1-7-3-2-4-8(5-7)6-11-12-9(10)13/h2-4,6-7H,5H2,1H3,(H3,10,12,13)/b11-6+/t7-/m1/s1. The fourth-order valence-electron chi connectivity index (χ4n) is 1.15. The van der Waals surface area contributed by atoms with Gasteiger partial charge in [-0.25, -0.2) is 0 Å². The molecule has 0 radical (unpaired) electrons.